The number of halogens is 1. The van der Waals surface area contributed by atoms with Crippen LogP contribution in [0.5, 0.6) is 0 Å². The average molecular weight is 256 g/mol. The number of nitro benzene ring substituents is 1. The lowest BCUT2D eigenvalue weighted by Crippen LogP contribution is -2.34. The molecular formula is C11H13FN2O4. The molecule has 1 unspecified atom stereocenters. The Morgan fingerprint density at radius 2 is 2.28 bits per heavy atom. The fourth-order valence-corrected chi connectivity index (χ4v) is 1.40. The number of carbonyl (C=O) groups is 1. The number of benzene rings is 1. The van der Waals surface area contributed by atoms with Gasteiger partial charge in [0.05, 0.1) is 11.5 Å². The van der Waals surface area contributed by atoms with Crippen LogP contribution in [0.15, 0.2) is 18.2 Å². The Bertz CT molecular complexity index is 464. The van der Waals surface area contributed by atoms with Crippen molar-refractivity contribution in [1.29, 1.82) is 0 Å². The van der Waals surface area contributed by atoms with Gasteiger partial charge in [-0.2, -0.15) is 0 Å². The minimum Gasteiger partial charge on any atom is -0.465 e. The Morgan fingerprint density at radius 1 is 1.61 bits per heavy atom. The van der Waals surface area contributed by atoms with Crippen molar-refractivity contribution in [3.05, 3.63) is 39.7 Å². The van der Waals surface area contributed by atoms with E-state index < -0.39 is 22.8 Å². The van der Waals surface area contributed by atoms with E-state index in [9.17, 15) is 19.3 Å². The highest BCUT2D eigenvalue weighted by Gasteiger charge is 2.19. The Labute approximate surface area is 103 Å². The third-order valence-electron chi connectivity index (χ3n) is 2.27. The molecule has 1 atom stereocenters. The molecule has 0 saturated carbocycles. The molecule has 1 aromatic rings. The summed E-state index contributed by atoms with van der Waals surface area (Å²) in [5.41, 5.74) is 5.29. The minimum absolute atomic E-state index is 0.0183. The van der Waals surface area contributed by atoms with Gasteiger partial charge < -0.3 is 10.5 Å². The second kappa shape index (κ2) is 6.06. The lowest BCUT2D eigenvalue weighted by molar-refractivity contribution is -0.385. The van der Waals surface area contributed by atoms with Crippen LogP contribution < -0.4 is 5.73 Å². The van der Waals surface area contributed by atoms with Crippen molar-refractivity contribution in [3.8, 4) is 0 Å². The summed E-state index contributed by atoms with van der Waals surface area (Å²) in [5.74, 6) is -1.30. The van der Waals surface area contributed by atoms with Crippen LogP contribution in [-0.4, -0.2) is 23.5 Å². The van der Waals surface area contributed by atoms with Crippen LogP contribution in [0.4, 0.5) is 10.1 Å². The van der Waals surface area contributed by atoms with Crippen LogP contribution in [0.3, 0.4) is 0 Å². The van der Waals surface area contributed by atoms with Crippen LogP contribution in [-0.2, 0) is 16.0 Å². The van der Waals surface area contributed by atoms with E-state index in [-0.39, 0.29) is 24.3 Å². The molecule has 0 radical (unpaired) electrons. The molecule has 0 amide bonds. The standard InChI is InChI=1S/C11H13FN2O4/c1-2-18-11(15)10(13)6-7-5-8(14(16)17)3-4-9(7)12/h3-5,10H,2,6,13H2,1H3. The van der Waals surface area contributed by atoms with Crippen LogP contribution in [0, 0.1) is 15.9 Å². The number of esters is 1. The molecule has 0 fully saturated rings. The van der Waals surface area contributed by atoms with Crippen molar-refractivity contribution in [2.24, 2.45) is 5.73 Å². The molecule has 0 aliphatic rings. The second-order valence-electron chi connectivity index (χ2n) is 3.60. The van der Waals surface area contributed by atoms with Crippen LogP contribution >= 0.6 is 0 Å². The molecule has 0 heterocycles. The number of nitrogens with two attached hydrogens (primary N) is 1. The first kappa shape index (κ1) is 14.0. The summed E-state index contributed by atoms with van der Waals surface area (Å²) < 4.78 is 18.1. The molecule has 0 aliphatic heterocycles. The fourth-order valence-electron chi connectivity index (χ4n) is 1.40. The molecule has 1 aromatic carbocycles. The van der Waals surface area contributed by atoms with Gasteiger partial charge in [-0.1, -0.05) is 0 Å². The summed E-state index contributed by atoms with van der Waals surface area (Å²) in [4.78, 5) is 21.2. The van der Waals surface area contributed by atoms with Gasteiger partial charge in [0.1, 0.15) is 11.9 Å². The summed E-state index contributed by atoms with van der Waals surface area (Å²) in [6.07, 6.45) is -0.146. The minimum atomic E-state index is -1.04. The van der Waals surface area contributed by atoms with Crippen molar-refractivity contribution < 1.29 is 18.8 Å². The highest BCUT2D eigenvalue weighted by atomic mass is 19.1. The number of carbonyl (C=O) groups excluding carboxylic acids is 1. The molecule has 0 saturated heterocycles. The molecule has 98 valence electrons. The number of nitro groups is 1. The first-order valence-corrected chi connectivity index (χ1v) is 5.30. The Hall–Kier alpha value is -2.02. The lowest BCUT2D eigenvalue weighted by atomic mass is 10.1. The molecular weight excluding hydrogens is 243 g/mol. The van der Waals surface area contributed by atoms with Crippen molar-refractivity contribution >= 4 is 11.7 Å². The van der Waals surface area contributed by atoms with Gasteiger partial charge in [0, 0.05) is 18.6 Å². The topological polar surface area (TPSA) is 95.5 Å². The smallest absolute Gasteiger partial charge is 0.323 e. The maximum absolute atomic E-state index is 13.4. The van der Waals surface area contributed by atoms with E-state index in [1.807, 2.05) is 0 Å². The normalized spacial score (nSPS) is 11.9. The van der Waals surface area contributed by atoms with E-state index in [4.69, 9.17) is 5.73 Å². The van der Waals surface area contributed by atoms with E-state index in [0.29, 0.717) is 0 Å². The first-order valence-electron chi connectivity index (χ1n) is 5.30. The van der Waals surface area contributed by atoms with E-state index in [0.717, 1.165) is 18.2 Å². The Balaban J connectivity index is 2.86. The number of rotatable bonds is 5. The van der Waals surface area contributed by atoms with E-state index in [1.54, 1.807) is 6.92 Å². The first-order chi connectivity index (χ1) is 8.45. The number of nitrogens with zero attached hydrogens (tertiary/aromatic N) is 1. The van der Waals surface area contributed by atoms with Crippen molar-refractivity contribution in [2.45, 2.75) is 19.4 Å². The van der Waals surface area contributed by atoms with Crippen LogP contribution in [0.25, 0.3) is 0 Å². The Morgan fingerprint density at radius 3 is 2.83 bits per heavy atom. The van der Waals surface area contributed by atoms with Gasteiger partial charge in [0.2, 0.25) is 0 Å². The zero-order chi connectivity index (χ0) is 13.7. The zero-order valence-electron chi connectivity index (χ0n) is 9.76. The highest BCUT2D eigenvalue weighted by Crippen LogP contribution is 2.18. The predicted molar refractivity (Wildman–Crippen MR) is 61.4 cm³/mol. The molecule has 1 rings (SSSR count). The summed E-state index contributed by atoms with van der Waals surface area (Å²) >= 11 is 0. The predicted octanol–water partition coefficient (Wildman–Crippen LogP) is 1.17. The molecule has 0 aliphatic carbocycles. The van der Waals surface area contributed by atoms with E-state index >= 15 is 0 Å². The summed E-state index contributed by atoms with van der Waals surface area (Å²) in [5, 5.41) is 10.5. The maximum Gasteiger partial charge on any atom is 0.323 e. The third kappa shape index (κ3) is 3.49. The van der Waals surface area contributed by atoms with Gasteiger partial charge in [-0.25, -0.2) is 4.39 Å². The van der Waals surface area contributed by atoms with Gasteiger partial charge in [-0.05, 0) is 18.6 Å². The SMILES string of the molecule is CCOC(=O)C(N)Cc1cc([N+](=O)[O-])ccc1F. The Kier molecular flexibility index (Phi) is 4.73. The molecule has 2 N–H and O–H groups in total. The van der Waals surface area contributed by atoms with Gasteiger partial charge in [-0.15, -0.1) is 0 Å². The second-order valence-corrected chi connectivity index (χ2v) is 3.60. The average Bonchev–Trinajstić information content (AvgIpc) is 2.31. The van der Waals surface area contributed by atoms with Gasteiger partial charge in [0.15, 0.2) is 0 Å². The molecule has 18 heavy (non-hydrogen) atoms. The highest BCUT2D eigenvalue weighted by molar-refractivity contribution is 5.75. The molecule has 0 bridgehead atoms. The van der Waals surface area contributed by atoms with Gasteiger partial charge >= 0.3 is 5.97 Å². The van der Waals surface area contributed by atoms with Gasteiger partial charge in [0.25, 0.3) is 5.69 Å². The number of non-ortho nitro benzene ring substituents is 1. The largest absolute Gasteiger partial charge is 0.465 e. The third-order valence-corrected chi connectivity index (χ3v) is 2.27. The lowest BCUT2D eigenvalue weighted by Gasteiger charge is -2.10. The fraction of sp³-hybridized carbons (Fsp3) is 0.364. The summed E-state index contributed by atoms with van der Waals surface area (Å²) in [7, 11) is 0. The van der Waals surface area contributed by atoms with E-state index in [2.05, 4.69) is 4.74 Å². The van der Waals surface area contributed by atoms with Crippen molar-refractivity contribution in [1.82, 2.24) is 0 Å². The van der Waals surface area contributed by atoms with Crippen molar-refractivity contribution in [3.63, 3.8) is 0 Å². The molecule has 7 heteroatoms. The van der Waals surface area contributed by atoms with Crippen molar-refractivity contribution in [2.75, 3.05) is 6.61 Å². The zero-order valence-corrected chi connectivity index (χ0v) is 9.76. The molecule has 0 spiro atoms. The van der Waals surface area contributed by atoms with Crippen LogP contribution in [0.2, 0.25) is 0 Å². The summed E-state index contributed by atoms with van der Waals surface area (Å²) in [6, 6.07) is 2.05. The van der Waals surface area contributed by atoms with Crippen LogP contribution in [0.1, 0.15) is 12.5 Å². The van der Waals surface area contributed by atoms with E-state index in [1.165, 1.54) is 0 Å². The number of hydrogen-bond acceptors (Lipinski definition) is 5. The number of ether oxygens (including phenoxy) is 1. The molecule has 6 nitrogen and oxygen atoms in total. The maximum atomic E-state index is 13.4. The molecule has 0 aromatic heterocycles. The quantitative estimate of drug-likeness (QED) is 0.484. The monoisotopic (exact) mass is 256 g/mol. The summed E-state index contributed by atoms with van der Waals surface area (Å²) in [6.45, 7) is 1.79. The number of hydrogen-bond donors (Lipinski definition) is 1. The van der Waals surface area contributed by atoms with Gasteiger partial charge in [-0.3, -0.25) is 14.9 Å².